The van der Waals surface area contributed by atoms with Crippen LogP contribution in [0.25, 0.3) is 0 Å². The third kappa shape index (κ3) is 9.78. The molecule has 8 heavy (non-hydrogen) atoms. The minimum atomic E-state index is 0. The van der Waals surface area contributed by atoms with Gasteiger partial charge in [-0.25, -0.2) is 9.78 Å². The van der Waals surface area contributed by atoms with E-state index in [4.69, 9.17) is 0 Å². The molecule has 0 aromatic heterocycles. The Hall–Kier alpha value is 0.594. The topological polar surface area (TPSA) is 27.7 Å². The zero-order valence-electron chi connectivity index (χ0n) is 5.14. The normalized spacial score (nSPS) is 8.25. The van der Waals surface area contributed by atoms with E-state index in [1.165, 1.54) is 0 Å². The van der Waals surface area contributed by atoms with Crippen molar-refractivity contribution < 1.29 is 36.5 Å². The second-order valence-corrected chi connectivity index (χ2v) is 0.881. The molecule has 0 aromatic carbocycles. The van der Waals surface area contributed by atoms with Crippen LogP contribution in [-0.2, 0) is 36.5 Å². The van der Waals surface area contributed by atoms with Gasteiger partial charge in [-0.3, -0.25) is 0 Å². The molecule has 0 unspecified atom stereocenters. The standard InChI is InChI=1S/C4H10O3.Ti/c1-3-5-7-6-4-2;/h3-4H2,1-2H3;. The number of hydrogen-bond donors (Lipinski definition) is 0. The summed E-state index contributed by atoms with van der Waals surface area (Å²) < 4.78 is 0. The summed E-state index contributed by atoms with van der Waals surface area (Å²) in [5.74, 6) is 0. The SMILES string of the molecule is CCOOOCC.[Ti]. The second-order valence-electron chi connectivity index (χ2n) is 0.881. The first-order valence-electron chi connectivity index (χ1n) is 2.32. The zero-order chi connectivity index (χ0) is 5.54. The summed E-state index contributed by atoms with van der Waals surface area (Å²) in [6.07, 6.45) is 0. The van der Waals surface area contributed by atoms with Gasteiger partial charge in [-0.1, -0.05) is 5.04 Å². The van der Waals surface area contributed by atoms with Crippen molar-refractivity contribution in [1.82, 2.24) is 0 Å². The van der Waals surface area contributed by atoms with Gasteiger partial charge in [-0.2, -0.15) is 0 Å². The van der Waals surface area contributed by atoms with Crippen molar-refractivity contribution in [2.24, 2.45) is 0 Å². The van der Waals surface area contributed by atoms with Crippen LogP contribution in [0.15, 0.2) is 0 Å². The van der Waals surface area contributed by atoms with Crippen LogP contribution in [0.1, 0.15) is 13.8 Å². The number of hydrogen-bond acceptors (Lipinski definition) is 3. The molecule has 0 spiro atoms. The summed E-state index contributed by atoms with van der Waals surface area (Å²) in [5.41, 5.74) is 0. The van der Waals surface area contributed by atoms with Gasteiger partial charge in [-0.05, 0) is 13.8 Å². The van der Waals surface area contributed by atoms with Crippen molar-refractivity contribution in [2.75, 3.05) is 13.2 Å². The molecule has 0 N–H and O–H groups in total. The minimum Gasteiger partial charge on any atom is -0.206 e. The monoisotopic (exact) mass is 154 g/mol. The van der Waals surface area contributed by atoms with Crippen molar-refractivity contribution in [3.63, 3.8) is 0 Å². The van der Waals surface area contributed by atoms with E-state index in [9.17, 15) is 0 Å². The average Bonchev–Trinajstić information content (AvgIpc) is 1.69. The molecule has 0 saturated heterocycles. The minimum absolute atomic E-state index is 0. The van der Waals surface area contributed by atoms with Crippen LogP contribution >= 0.6 is 0 Å². The first-order valence-corrected chi connectivity index (χ1v) is 2.32. The van der Waals surface area contributed by atoms with Gasteiger partial charge in [0.1, 0.15) is 0 Å². The van der Waals surface area contributed by atoms with Crippen molar-refractivity contribution >= 4 is 0 Å². The van der Waals surface area contributed by atoms with E-state index in [1.54, 1.807) is 0 Å². The summed E-state index contributed by atoms with van der Waals surface area (Å²) in [5, 5.41) is 4.13. The maximum Gasteiger partial charge on any atom is 0.0825 e. The number of rotatable bonds is 4. The molecule has 0 aliphatic rings. The fraction of sp³-hybridized carbons (Fsp3) is 1.00. The molecule has 0 saturated carbocycles. The Morgan fingerprint density at radius 3 is 1.62 bits per heavy atom. The van der Waals surface area contributed by atoms with Crippen LogP contribution in [0.3, 0.4) is 0 Å². The molecule has 0 atom stereocenters. The molecule has 0 rings (SSSR count). The molecular weight excluding hydrogens is 144 g/mol. The maximum absolute atomic E-state index is 4.35. The third-order valence-electron chi connectivity index (χ3n) is 0.332. The van der Waals surface area contributed by atoms with E-state index in [0.29, 0.717) is 13.2 Å². The molecule has 0 aromatic rings. The van der Waals surface area contributed by atoms with Gasteiger partial charge < -0.3 is 0 Å². The van der Waals surface area contributed by atoms with E-state index in [-0.39, 0.29) is 21.7 Å². The van der Waals surface area contributed by atoms with Crippen LogP contribution in [-0.4, -0.2) is 13.2 Å². The van der Waals surface area contributed by atoms with Gasteiger partial charge in [0.05, 0.1) is 13.2 Å². The van der Waals surface area contributed by atoms with E-state index in [0.717, 1.165) is 0 Å². The van der Waals surface area contributed by atoms with Crippen LogP contribution in [0.2, 0.25) is 0 Å². The zero-order valence-corrected chi connectivity index (χ0v) is 6.70. The Morgan fingerprint density at radius 2 is 1.38 bits per heavy atom. The van der Waals surface area contributed by atoms with Crippen molar-refractivity contribution in [1.29, 1.82) is 0 Å². The largest absolute Gasteiger partial charge is 0.206 e. The van der Waals surface area contributed by atoms with Crippen molar-refractivity contribution in [3.8, 4) is 0 Å². The molecule has 0 bridgehead atoms. The predicted octanol–water partition coefficient (Wildman–Crippen LogP) is 0.903. The van der Waals surface area contributed by atoms with Crippen molar-refractivity contribution in [2.45, 2.75) is 13.8 Å². The molecule has 0 heterocycles. The Labute approximate surface area is 64.0 Å². The Kier molecular flexibility index (Phi) is 15.0. The molecule has 0 aliphatic heterocycles. The fourth-order valence-corrected chi connectivity index (χ4v) is 0.130. The van der Waals surface area contributed by atoms with E-state index >= 15 is 0 Å². The summed E-state index contributed by atoms with van der Waals surface area (Å²) >= 11 is 0. The van der Waals surface area contributed by atoms with Crippen LogP contribution in [0.4, 0.5) is 0 Å². The fourth-order valence-electron chi connectivity index (χ4n) is 0.130. The van der Waals surface area contributed by atoms with Gasteiger partial charge in [0.2, 0.25) is 0 Å². The Morgan fingerprint density at radius 1 is 1.00 bits per heavy atom. The van der Waals surface area contributed by atoms with Gasteiger partial charge in [-0.15, -0.1) is 0 Å². The Bertz CT molecular complexity index is 30.5. The van der Waals surface area contributed by atoms with E-state index in [1.807, 2.05) is 13.8 Å². The molecule has 3 nitrogen and oxygen atoms in total. The first kappa shape index (κ1) is 11.4. The third-order valence-corrected chi connectivity index (χ3v) is 0.332. The average molecular weight is 154 g/mol. The molecule has 0 amide bonds. The van der Waals surface area contributed by atoms with Crippen LogP contribution in [0.5, 0.6) is 0 Å². The smallest absolute Gasteiger partial charge is 0.0825 e. The van der Waals surface area contributed by atoms with Crippen LogP contribution in [0, 0.1) is 0 Å². The van der Waals surface area contributed by atoms with Gasteiger partial charge >= 0.3 is 0 Å². The molecule has 4 heteroatoms. The van der Waals surface area contributed by atoms with Gasteiger partial charge in [0.15, 0.2) is 0 Å². The van der Waals surface area contributed by atoms with E-state index < -0.39 is 0 Å². The van der Waals surface area contributed by atoms with E-state index in [2.05, 4.69) is 14.8 Å². The molecular formula is C4H10O3Ti. The summed E-state index contributed by atoms with van der Waals surface area (Å²) in [4.78, 5) is 8.70. The summed E-state index contributed by atoms with van der Waals surface area (Å²) in [6, 6.07) is 0. The second kappa shape index (κ2) is 10.6. The maximum atomic E-state index is 4.35. The van der Waals surface area contributed by atoms with Crippen molar-refractivity contribution in [3.05, 3.63) is 0 Å². The molecule has 0 fully saturated rings. The van der Waals surface area contributed by atoms with Crippen LogP contribution < -0.4 is 0 Å². The molecule has 0 aliphatic carbocycles. The Balaban J connectivity index is 0. The predicted molar refractivity (Wildman–Crippen MR) is 24.3 cm³/mol. The molecule has 0 radical (unpaired) electrons. The summed E-state index contributed by atoms with van der Waals surface area (Å²) in [7, 11) is 0. The first-order chi connectivity index (χ1) is 3.41. The van der Waals surface area contributed by atoms with Gasteiger partial charge in [0, 0.05) is 21.7 Å². The van der Waals surface area contributed by atoms with Gasteiger partial charge in [0.25, 0.3) is 0 Å². The summed E-state index contributed by atoms with van der Waals surface area (Å²) in [6.45, 7) is 4.66. The quantitative estimate of drug-likeness (QED) is 0.260. The molecule has 48 valence electrons.